The van der Waals surface area contributed by atoms with Gasteiger partial charge in [-0.2, -0.15) is 4.31 Å². The van der Waals surface area contributed by atoms with E-state index in [4.69, 9.17) is 0 Å². The normalized spacial score (nSPS) is 16.9. The van der Waals surface area contributed by atoms with Crippen LogP contribution in [-0.2, 0) is 21.4 Å². The van der Waals surface area contributed by atoms with Crippen LogP contribution in [0.15, 0.2) is 24.3 Å². The van der Waals surface area contributed by atoms with Crippen molar-refractivity contribution in [3.8, 4) is 0 Å². The molecule has 23 heavy (non-hydrogen) atoms. The van der Waals surface area contributed by atoms with Crippen LogP contribution in [0.3, 0.4) is 0 Å². The molecule has 0 unspecified atom stereocenters. The molecule has 0 atom stereocenters. The molecular formula is C15H20N4O3S. The number of rotatable bonds is 3. The van der Waals surface area contributed by atoms with Crippen LogP contribution in [0.5, 0.6) is 0 Å². The Hall–Kier alpha value is -1.93. The lowest BCUT2D eigenvalue weighted by Crippen LogP contribution is -2.51. The molecule has 0 bridgehead atoms. The van der Waals surface area contributed by atoms with Gasteiger partial charge in [0.15, 0.2) is 0 Å². The smallest absolute Gasteiger partial charge is 0.242 e. The lowest BCUT2D eigenvalue weighted by molar-refractivity contribution is -0.133. The van der Waals surface area contributed by atoms with Crippen molar-refractivity contribution in [1.82, 2.24) is 18.8 Å². The first-order chi connectivity index (χ1) is 10.9. The first-order valence-corrected chi connectivity index (χ1v) is 9.36. The minimum absolute atomic E-state index is 0.00981. The number of carbonyl (C=O) groups is 1. The monoisotopic (exact) mass is 336 g/mol. The number of piperazine rings is 1. The molecule has 1 amide bonds. The lowest BCUT2D eigenvalue weighted by atomic mass is 10.3. The van der Waals surface area contributed by atoms with Gasteiger partial charge in [-0.3, -0.25) is 4.79 Å². The summed E-state index contributed by atoms with van der Waals surface area (Å²) < 4.78 is 26.4. The summed E-state index contributed by atoms with van der Waals surface area (Å²) in [4.78, 5) is 18.7. The first-order valence-electron chi connectivity index (χ1n) is 7.51. The van der Waals surface area contributed by atoms with E-state index in [0.717, 1.165) is 16.9 Å². The van der Waals surface area contributed by atoms with E-state index >= 15 is 0 Å². The van der Waals surface area contributed by atoms with E-state index in [9.17, 15) is 13.2 Å². The van der Waals surface area contributed by atoms with Gasteiger partial charge in [0.25, 0.3) is 0 Å². The van der Waals surface area contributed by atoms with Crippen molar-refractivity contribution in [2.24, 2.45) is 0 Å². The number of imidazole rings is 1. The van der Waals surface area contributed by atoms with Crippen molar-refractivity contribution in [2.75, 3.05) is 32.4 Å². The van der Waals surface area contributed by atoms with Gasteiger partial charge in [-0.1, -0.05) is 12.1 Å². The summed E-state index contributed by atoms with van der Waals surface area (Å²) in [5.74, 6) is 0.790. The molecule has 2 heterocycles. The summed E-state index contributed by atoms with van der Waals surface area (Å²) in [5.41, 5.74) is 1.81. The fraction of sp³-hybridized carbons (Fsp3) is 0.467. The Balaban J connectivity index is 1.71. The van der Waals surface area contributed by atoms with Crippen molar-refractivity contribution >= 4 is 27.0 Å². The summed E-state index contributed by atoms with van der Waals surface area (Å²) in [6.07, 6.45) is 1.20. The van der Waals surface area contributed by atoms with Gasteiger partial charge in [-0.15, -0.1) is 0 Å². The second-order valence-electron chi connectivity index (χ2n) is 5.78. The average Bonchev–Trinajstić information content (AvgIpc) is 2.82. The van der Waals surface area contributed by atoms with Gasteiger partial charge in [0.2, 0.25) is 15.9 Å². The molecule has 3 rings (SSSR count). The molecule has 1 saturated heterocycles. The fourth-order valence-electron chi connectivity index (χ4n) is 2.90. The predicted molar refractivity (Wildman–Crippen MR) is 87.5 cm³/mol. The van der Waals surface area contributed by atoms with Gasteiger partial charge < -0.3 is 9.47 Å². The average molecular weight is 336 g/mol. The standard InChI is InChI=1S/C15H20N4O3S/c1-12-16-13-5-3-4-6-14(13)19(12)11-15(20)17-7-9-18(10-8-17)23(2,21)22/h3-6H,7-11H2,1-2H3. The van der Waals surface area contributed by atoms with Crippen molar-refractivity contribution < 1.29 is 13.2 Å². The minimum atomic E-state index is -3.18. The largest absolute Gasteiger partial charge is 0.339 e. The van der Waals surface area contributed by atoms with Crippen LogP contribution in [0, 0.1) is 6.92 Å². The molecule has 0 radical (unpaired) electrons. The molecule has 0 N–H and O–H groups in total. The molecule has 0 saturated carbocycles. The third kappa shape index (κ3) is 3.23. The van der Waals surface area contributed by atoms with E-state index in [0.29, 0.717) is 26.2 Å². The molecular weight excluding hydrogens is 316 g/mol. The van der Waals surface area contributed by atoms with Crippen LogP contribution in [-0.4, -0.2) is 65.5 Å². The van der Waals surface area contributed by atoms with Crippen molar-refractivity contribution in [1.29, 1.82) is 0 Å². The molecule has 1 fully saturated rings. The highest BCUT2D eigenvalue weighted by Crippen LogP contribution is 2.16. The highest BCUT2D eigenvalue weighted by molar-refractivity contribution is 7.88. The molecule has 124 valence electrons. The summed E-state index contributed by atoms with van der Waals surface area (Å²) in [6.45, 7) is 3.68. The molecule has 1 aliphatic heterocycles. The zero-order valence-corrected chi connectivity index (χ0v) is 14.1. The van der Waals surface area contributed by atoms with Gasteiger partial charge >= 0.3 is 0 Å². The minimum Gasteiger partial charge on any atom is -0.339 e. The van der Waals surface area contributed by atoms with E-state index in [1.54, 1.807) is 4.90 Å². The number of sulfonamides is 1. The molecule has 1 aromatic heterocycles. The number of amides is 1. The van der Waals surface area contributed by atoms with Crippen molar-refractivity contribution in [2.45, 2.75) is 13.5 Å². The quantitative estimate of drug-likeness (QED) is 0.815. The van der Waals surface area contributed by atoms with Crippen LogP contribution in [0.2, 0.25) is 0 Å². The molecule has 7 nitrogen and oxygen atoms in total. The lowest BCUT2D eigenvalue weighted by Gasteiger charge is -2.33. The van der Waals surface area contributed by atoms with E-state index in [2.05, 4.69) is 4.98 Å². The maximum Gasteiger partial charge on any atom is 0.242 e. The number of aryl methyl sites for hydroxylation is 1. The van der Waals surface area contributed by atoms with Crippen LogP contribution < -0.4 is 0 Å². The zero-order chi connectivity index (χ0) is 16.6. The Morgan fingerprint density at radius 3 is 2.48 bits per heavy atom. The molecule has 8 heteroatoms. The van der Waals surface area contributed by atoms with Crippen LogP contribution in [0.4, 0.5) is 0 Å². The highest BCUT2D eigenvalue weighted by Gasteiger charge is 2.26. The molecule has 1 aromatic carbocycles. The summed E-state index contributed by atoms with van der Waals surface area (Å²) in [6, 6.07) is 7.72. The van der Waals surface area contributed by atoms with Crippen LogP contribution >= 0.6 is 0 Å². The third-order valence-electron chi connectivity index (χ3n) is 4.20. The number of para-hydroxylation sites is 2. The number of benzene rings is 1. The second-order valence-corrected chi connectivity index (χ2v) is 7.76. The Bertz CT molecular complexity index is 836. The Morgan fingerprint density at radius 2 is 1.83 bits per heavy atom. The maximum absolute atomic E-state index is 12.5. The Kier molecular flexibility index (Phi) is 4.11. The van der Waals surface area contributed by atoms with Crippen molar-refractivity contribution in [3.05, 3.63) is 30.1 Å². The Labute approximate surface area is 135 Å². The number of fused-ring (bicyclic) bond motifs is 1. The molecule has 0 aliphatic carbocycles. The van der Waals surface area contributed by atoms with Gasteiger partial charge in [-0.05, 0) is 19.1 Å². The third-order valence-corrected chi connectivity index (χ3v) is 5.50. The first kappa shape index (κ1) is 15.9. The highest BCUT2D eigenvalue weighted by atomic mass is 32.2. The van der Waals surface area contributed by atoms with Gasteiger partial charge in [-0.25, -0.2) is 13.4 Å². The molecule has 1 aliphatic rings. The van der Waals surface area contributed by atoms with E-state index in [1.165, 1.54) is 10.6 Å². The van der Waals surface area contributed by atoms with E-state index < -0.39 is 10.0 Å². The Morgan fingerprint density at radius 1 is 1.17 bits per heavy atom. The number of hydrogen-bond acceptors (Lipinski definition) is 4. The maximum atomic E-state index is 12.5. The number of aromatic nitrogens is 2. The van der Waals surface area contributed by atoms with E-state index in [1.807, 2.05) is 35.8 Å². The second kappa shape index (κ2) is 5.93. The fourth-order valence-corrected chi connectivity index (χ4v) is 3.73. The predicted octanol–water partition coefficient (Wildman–Crippen LogP) is 0.449. The van der Waals surface area contributed by atoms with Crippen LogP contribution in [0.1, 0.15) is 5.82 Å². The van der Waals surface area contributed by atoms with Gasteiger partial charge in [0.05, 0.1) is 17.3 Å². The number of carbonyl (C=O) groups excluding carboxylic acids is 1. The number of nitrogens with zero attached hydrogens (tertiary/aromatic N) is 4. The van der Waals surface area contributed by atoms with E-state index in [-0.39, 0.29) is 12.5 Å². The number of hydrogen-bond donors (Lipinski definition) is 0. The summed E-state index contributed by atoms with van der Waals surface area (Å²) in [7, 11) is -3.18. The molecule has 0 spiro atoms. The van der Waals surface area contributed by atoms with Crippen LogP contribution in [0.25, 0.3) is 11.0 Å². The summed E-state index contributed by atoms with van der Waals surface area (Å²) >= 11 is 0. The van der Waals surface area contributed by atoms with Gasteiger partial charge in [0.1, 0.15) is 12.4 Å². The zero-order valence-electron chi connectivity index (χ0n) is 13.3. The SMILES string of the molecule is Cc1nc2ccccc2n1CC(=O)N1CCN(S(C)(=O)=O)CC1. The molecule has 2 aromatic rings. The van der Waals surface area contributed by atoms with Crippen molar-refractivity contribution in [3.63, 3.8) is 0 Å². The summed E-state index contributed by atoms with van der Waals surface area (Å²) in [5, 5.41) is 0. The topological polar surface area (TPSA) is 75.5 Å². The van der Waals surface area contributed by atoms with Gasteiger partial charge in [0, 0.05) is 26.2 Å².